The van der Waals surface area contributed by atoms with E-state index in [1.807, 2.05) is 19.1 Å². The SMILES string of the molecule is Cc1ccccc1NC(=O)COc1cccc([C@H]2c3sc(=O)[nH]c3SC3C(=O)N(c4cccc(C(F)(F)F)c4)C(=O)C32)c1. The minimum Gasteiger partial charge on any atom is -0.484 e. The van der Waals surface area contributed by atoms with Gasteiger partial charge in [-0.15, -0.1) is 0 Å². The van der Waals surface area contributed by atoms with Crippen LogP contribution < -0.4 is 19.8 Å². The van der Waals surface area contributed by atoms with Crippen LogP contribution in [0.4, 0.5) is 24.5 Å². The number of carbonyl (C=O) groups is 3. The normalized spacial score (nSPS) is 19.6. The van der Waals surface area contributed by atoms with E-state index in [-0.39, 0.29) is 23.1 Å². The zero-order valence-electron chi connectivity index (χ0n) is 22.3. The third kappa shape index (κ3) is 5.45. The van der Waals surface area contributed by atoms with Crippen LogP contribution in [0.5, 0.6) is 5.75 Å². The number of fused-ring (bicyclic) bond motifs is 2. The second kappa shape index (κ2) is 11.0. The number of nitrogens with one attached hydrogen (secondary N) is 2. The number of halogens is 3. The lowest BCUT2D eigenvalue weighted by Gasteiger charge is -2.30. The summed E-state index contributed by atoms with van der Waals surface area (Å²) in [6.07, 6.45) is -4.66. The number of H-pyrrole nitrogens is 1. The molecule has 1 fully saturated rings. The molecule has 4 aromatic rings. The van der Waals surface area contributed by atoms with Crippen molar-refractivity contribution < 1.29 is 32.3 Å². The summed E-state index contributed by atoms with van der Waals surface area (Å²) in [5, 5.41) is 2.24. The smallest absolute Gasteiger partial charge is 0.416 e. The lowest BCUT2D eigenvalue weighted by molar-refractivity contribution is -0.137. The summed E-state index contributed by atoms with van der Waals surface area (Å²) in [4.78, 5) is 56.0. The first-order valence-corrected chi connectivity index (χ1v) is 14.7. The van der Waals surface area contributed by atoms with Gasteiger partial charge in [0.05, 0.1) is 22.2 Å². The van der Waals surface area contributed by atoms with Crippen molar-refractivity contribution >= 4 is 52.2 Å². The first-order chi connectivity index (χ1) is 20.5. The molecule has 2 aliphatic heterocycles. The van der Waals surface area contributed by atoms with Crippen LogP contribution in [0.25, 0.3) is 0 Å². The average molecular weight is 626 g/mol. The number of amides is 3. The number of benzene rings is 3. The molecule has 3 amide bonds. The number of rotatable bonds is 6. The van der Waals surface area contributed by atoms with Crippen molar-refractivity contribution in [3.63, 3.8) is 0 Å². The van der Waals surface area contributed by atoms with Gasteiger partial charge in [-0.05, 0) is 54.4 Å². The van der Waals surface area contributed by atoms with Gasteiger partial charge in [-0.3, -0.25) is 19.2 Å². The van der Waals surface area contributed by atoms with Gasteiger partial charge in [-0.2, -0.15) is 13.2 Å². The summed E-state index contributed by atoms with van der Waals surface area (Å²) in [6, 6.07) is 18.0. The predicted octanol–water partition coefficient (Wildman–Crippen LogP) is 5.58. The monoisotopic (exact) mass is 625 g/mol. The van der Waals surface area contributed by atoms with Crippen LogP contribution >= 0.6 is 23.1 Å². The molecule has 8 nitrogen and oxygen atoms in total. The number of hydrogen-bond acceptors (Lipinski definition) is 7. The number of imide groups is 1. The van der Waals surface area contributed by atoms with Gasteiger partial charge in [-0.1, -0.05) is 59.5 Å². The van der Waals surface area contributed by atoms with Crippen LogP contribution in [0.2, 0.25) is 0 Å². The zero-order valence-corrected chi connectivity index (χ0v) is 23.9. The molecule has 2 N–H and O–H groups in total. The molecule has 0 saturated carbocycles. The third-order valence-corrected chi connectivity index (χ3v) is 9.66. The molecule has 3 aromatic carbocycles. The van der Waals surface area contributed by atoms with Crippen molar-refractivity contribution in [2.45, 2.75) is 29.3 Å². The average Bonchev–Trinajstić information content (AvgIpc) is 3.47. The number of anilines is 2. The highest BCUT2D eigenvalue weighted by Gasteiger charge is 2.56. The van der Waals surface area contributed by atoms with E-state index in [0.717, 1.165) is 51.8 Å². The summed E-state index contributed by atoms with van der Waals surface area (Å²) in [5.74, 6) is -3.15. The number of aromatic amines is 1. The first kappa shape index (κ1) is 28.7. The molecule has 43 heavy (non-hydrogen) atoms. The Balaban J connectivity index is 1.30. The molecule has 1 saturated heterocycles. The number of ether oxygens (including phenoxy) is 1. The third-order valence-electron chi connectivity index (χ3n) is 7.26. The summed E-state index contributed by atoms with van der Waals surface area (Å²) in [6.45, 7) is 1.57. The highest BCUT2D eigenvalue weighted by Crippen LogP contribution is 2.53. The highest BCUT2D eigenvalue weighted by atomic mass is 32.2. The number of thioether (sulfide) groups is 1. The molecule has 2 unspecified atom stereocenters. The zero-order chi connectivity index (χ0) is 30.5. The minimum absolute atomic E-state index is 0.174. The number of nitrogens with zero attached hydrogens (tertiary/aromatic N) is 1. The first-order valence-electron chi connectivity index (χ1n) is 13.0. The number of aromatic nitrogens is 1. The number of para-hydroxylation sites is 1. The van der Waals surface area contributed by atoms with E-state index >= 15 is 0 Å². The van der Waals surface area contributed by atoms with Crippen molar-refractivity contribution in [3.05, 3.63) is 104 Å². The Labute approximate surface area is 250 Å². The van der Waals surface area contributed by atoms with Crippen molar-refractivity contribution in [2.24, 2.45) is 5.92 Å². The molecule has 13 heteroatoms. The van der Waals surface area contributed by atoms with E-state index in [1.165, 1.54) is 6.07 Å². The largest absolute Gasteiger partial charge is 0.484 e. The Morgan fingerprint density at radius 3 is 2.53 bits per heavy atom. The lowest BCUT2D eigenvalue weighted by Crippen LogP contribution is -2.32. The maximum atomic E-state index is 13.9. The molecule has 1 aromatic heterocycles. The van der Waals surface area contributed by atoms with E-state index in [4.69, 9.17) is 4.74 Å². The molecule has 3 atom stereocenters. The van der Waals surface area contributed by atoms with Crippen molar-refractivity contribution in [1.29, 1.82) is 0 Å². The minimum atomic E-state index is -4.66. The van der Waals surface area contributed by atoms with Crippen LogP contribution in [-0.4, -0.2) is 34.6 Å². The predicted molar refractivity (Wildman–Crippen MR) is 156 cm³/mol. The molecule has 0 bridgehead atoms. The van der Waals surface area contributed by atoms with Crippen LogP contribution in [0, 0.1) is 12.8 Å². The number of thiazole rings is 1. The molecular weight excluding hydrogens is 603 g/mol. The lowest BCUT2D eigenvalue weighted by atomic mass is 9.83. The fraction of sp³-hybridized carbons (Fsp3) is 0.200. The fourth-order valence-electron chi connectivity index (χ4n) is 5.30. The number of alkyl halides is 3. The van der Waals surface area contributed by atoms with Crippen molar-refractivity contribution in [2.75, 3.05) is 16.8 Å². The number of aryl methyl sites for hydroxylation is 1. The standard InChI is InChI=1S/C30H22F3N3O5S2/c1-15-6-2-3-11-20(15)34-21(37)14-41-19-10-4-7-16(12-19)22-23-25(42-26-24(22)43-29(40)35-26)28(39)36(27(23)38)18-9-5-8-17(13-18)30(31,32)33/h2-13,22-23,25H,14H2,1H3,(H,34,37)(H,35,40)/t22-,23?,25?/m1/s1. The molecule has 0 aliphatic carbocycles. The van der Waals surface area contributed by atoms with Gasteiger partial charge in [-0.25, -0.2) is 4.90 Å². The van der Waals surface area contributed by atoms with Gasteiger partial charge >= 0.3 is 11.0 Å². The Kier molecular flexibility index (Phi) is 7.38. The molecular formula is C30H22F3N3O5S2. The van der Waals surface area contributed by atoms with Gasteiger partial charge in [0.25, 0.3) is 5.91 Å². The Bertz CT molecular complexity index is 1820. The van der Waals surface area contributed by atoms with Gasteiger partial charge in [0.1, 0.15) is 11.0 Å². The van der Waals surface area contributed by atoms with E-state index in [9.17, 15) is 32.3 Å². The topological polar surface area (TPSA) is 109 Å². The van der Waals surface area contributed by atoms with Crippen molar-refractivity contribution in [1.82, 2.24) is 4.98 Å². The maximum absolute atomic E-state index is 13.9. The fourth-order valence-corrected chi connectivity index (χ4v) is 7.81. The molecule has 3 heterocycles. The molecule has 0 radical (unpaired) electrons. The number of hydrogen-bond donors (Lipinski definition) is 2. The highest BCUT2D eigenvalue weighted by molar-refractivity contribution is 8.00. The number of carbonyl (C=O) groups excluding carboxylic acids is 3. The van der Waals surface area contributed by atoms with Gasteiger partial charge in [0.15, 0.2) is 6.61 Å². The van der Waals surface area contributed by atoms with Crippen LogP contribution in [0.15, 0.2) is 82.6 Å². The molecule has 2 aliphatic rings. The van der Waals surface area contributed by atoms with Crippen LogP contribution in [0.1, 0.15) is 27.5 Å². The second-order valence-corrected chi connectivity index (χ2v) is 12.2. The molecule has 220 valence electrons. The summed E-state index contributed by atoms with van der Waals surface area (Å²) < 4.78 is 46.0. The Morgan fingerprint density at radius 2 is 1.77 bits per heavy atom. The quantitative estimate of drug-likeness (QED) is 0.271. The van der Waals surface area contributed by atoms with Gasteiger partial charge in [0, 0.05) is 16.5 Å². The summed E-state index contributed by atoms with van der Waals surface area (Å²) in [7, 11) is 0. The van der Waals surface area contributed by atoms with E-state index < -0.39 is 40.6 Å². The van der Waals surface area contributed by atoms with Crippen molar-refractivity contribution in [3.8, 4) is 5.75 Å². The van der Waals surface area contributed by atoms with E-state index in [0.29, 0.717) is 26.9 Å². The van der Waals surface area contributed by atoms with E-state index in [2.05, 4.69) is 10.3 Å². The Hall–Kier alpha value is -4.36. The Morgan fingerprint density at radius 1 is 1.00 bits per heavy atom. The van der Waals surface area contributed by atoms with Crippen LogP contribution in [0.3, 0.4) is 0 Å². The van der Waals surface area contributed by atoms with Gasteiger partial charge in [0.2, 0.25) is 11.8 Å². The molecule has 6 rings (SSSR count). The summed E-state index contributed by atoms with van der Waals surface area (Å²) >= 11 is 1.93. The molecule has 0 spiro atoms. The van der Waals surface area contributed by atoms with E-state index in [1.54, 1.807) is 36.4 Å². The summed E-state index contributed by atoms with van der Waals surface area (Å²) in [5.41, 5.74) is 0.936. The van der Waals surface area contributed by atoms with Crippen LogP contribution in [-0.2, 0) is 20.6 Å². The second-order valence-electron chi connectivity index (χ2n) is 10.0. The maximum Gasteiger partial charge on any atom is 0.416 e. The van der Waals surface area contributed by atoms with Gasteiger partial charge < -0.3 is 15.0 Å².